The number of carbonyl (C=O) groups excluding carboxylic acids is 1. The summed E-state index contributed by atoms with van der Waals surface area (Å²) in [4.78, 5) is 11.9. The second-order valence-electron chi connectivity index (χ2n) is 5.15. The first-order chi connectivity index (χ1) is 11.5. The Balaban J connectivity index is 1.92. The quantitative estimate of drug-likeness (QED) is 0.820. The molecule has 6 heteroatoms. The van der Waals surface area contributed by atoms with Gasteiger partial charge in [-0.3, -0.25) is 4.79 Å². The number of benzene rings is 2. The summed E-state index contributed by atoms with van der Waals surface area (Å²) in [6.45, 7) is 1.98. The van der Waals surface area contributed by atoms with E-state index in [1.807, 2.05) is 19.1 Å². The highest BCUT2D eigenvalue weighted by molar-refractivity contribution is 7.99. The maximum atomic E-state index is 13.5. The molecule has 0 atom stereocenters. The number of hydrogen-bond acceptors (Lipinski definition) is 4. The minimum Gasteiger partial charge on any atom is -0.493 e. The zero-order chi connectivity index (χ0) is 17.5. The van der Waals surface area contributed by atoms with Crippen molar-refractivity contribution in [1.82, 2.24) is 0 Å². The average Bonchev–Trinajstić information content (AvgIpc) is 2.58. The Bertz CT molecular complexity index is 721. The molecule has 0 bridgehead atoms. The van der Waals surface area contributed by atoms with Gasteiger partial charge in [0.2, 0.25) is 5.91 Å². The molecule has 0 aliphatic rings. The van der Waals surface area contributed by atoms with Crippen LogP contribution in [-0.2, 0) is 10.5 Å². The van der Waals surface area contributed by atoms with Crippen molar-refractivity contribution in [3.05, 3.63) is 53.3 Å². The van der Waals surface area contributed by atoms with Gasteiger partial charge in [-0.25, -0.2) is 4.39 Å². The number of hydrogen-bond donors (Lipinski definition) is 1. The summed E-state index contributed by atoms with van der Waals surface area (Å²) in [5.74, 6) is 1.56. The van der Waals surface area contributed by atoms with Crippen LogP contribution in [0.1, 0.15) is 11.1 Å². The van der Waals surface area contributed by atoms with Crippen LogP contribution < -0.4 is 14.8 Å². The smallest absolute Gasteiger partial charge is 0.234 e. The summed E-state index contributed by atoms with van der Waals surface area (Å²) >= 11 is 1.46. The molecule has 0 radical (unpaired) electrons. The number of nitrogens with one attached hydrogen (secondary N) is 1. The molecule has 0 saturated heterocycles. The third-order valence-electron chi connectivity index (χ3n) is 3.48. The van der Waals surface area contributed by atoms with E-state index in [1.165, 1.54) is 23.9 Å². The monoisotopic (exact) mass is 349 g/mol. The Hall–Kier alpha value is -2.21. The number of para-hydroxylation sites is 1. The molecule has 0 unspecified atom stereocenters. The van der Waals surface area contributed by atoms with E-state index in [0.29, 0.717) is 17.3 Å². The van der Waals surface area contributed by atoms with Gasteiger partial charge < -0.3 is 14.8 Å². The molecule has 1 amide bonds. The van der Waals surface area contributed by atoms with E-state index < -0.39 is 5.82 Å². The van der Waals surface area contributed by atoms with Crippen molar-refractivity contribution in [2.75, 3.05) is 25.3 Å². The Labute approximate surface area is 145 Å². The van der Waals surface area contributed by atoms with Crippen LogP contribution >= 0.6 is 11.8 Å². The van der Waals surface area contributed by atoms with Gasteiger partial charge >= 0.3 is 0 Å². The van der Waals surface area contributed by atoms with Gasteiger partial charge in [0.25, 0.3) is 0 Å². The predicted octanol–water partition coefficient (Wildman–Crippen LogP) is 4.02. The number of halogens is 1. The molecule has 0 spiro atoms. The van der Waals surface area contributed by atoms with Crippen molar-refractivity contribution in [1.29, 1.82) is 0 Å². The molecule has 0 aliphatic carbocycles. The number of aryl methyl sites for hydroxylation is 1. The summed E-state index contributed by atoms with van der Waals surface area (Å²) in [6, 6.07) is 9.94. The molecule has 4 nitrogen and oxygen atoms in total. The van der Waals surface area contributed by atoms with Gasteiger partial charge in [-0.05, 0) is 42.3 Å². The van der Waals surface area contributed by atoms with E-state index in [4.69, 9.17) is 9.47 Å². The van der Waals surface area contributed by atoms with Gasteiger partial charge in [0.1, 0.15) is 5.82 Å². The zero-order valence-corrected chi connectivity index (χ0v) is 14.7. The highest BCUT2D eigenvalue weighted by atomic mass is 32.2. The molecule has 2 aromatic rings. The normalized spacial score (nSPS) is 10.3. The molecule has 0 fully saturated rings. The van der Waals surface area contributed by atoms with Crippen molar-refractivity contribution in [3.8, 4) is 11.5 Å². The van der Waals surface area contributed by atoms with Gasteiger partial charge in [-0.1, -0.05) is 12.1 Å². The Kier molecular flexibility index (Phi) is 6.49. The summed E-state index contributed by atoms with van der Waals surface area (Å²) < 4.78 is 24.1. The molecular weight excluding hydrogens is 329 g/mol. The lowest BCUT2D eigenvalue weighted by atomic mass is 10.1. The van der Waals surface area contributed by atoms with Gasteiger partial charge in [0, 0.05) is 5.75 Å². The summed E-state index contributed by atoms with van der Waals surface area (Å²) in [7, 11) is 3.19. The predicted molar refractivity (Wildman–Crippen MR) is 95.5 cm³/mol. The standard InChI is InChI=1S/C18H20FNO3S/c1-12-8-16(22-2)17(23-3)9-13(12)10-24-11-18(21)20-15-7-5-4-6-14(15)19/h4-9H,10-11H2,1-3H3,(H,20,21). The molecule has 24 heavy (non-hydrogen) atoms. The minimum absolute atomic E-state index is 0.199. The van der Waals surface area contributed by atoms with Crippen LogP contribution in [0, 0.1) is 12.7 Å². The Morgan fingerprint density at radius 3 is 2.50 bits per heavy atom. The topological polar surface area (TPSA) is 47.6 Å². The zero-order valence-electron chi connectivity index (χ0n) is 13.9. The molecule has 128 valence electrons. The van der Waals surface area contributed by atoms with Crippen LogP contribution in [0.4, 0.5) is 10.1 Å². The maximum Gasteiger partial charge on any atom is 0.234 e. The maximum absolute atomic E-state index is 13.5. The molecule has 0 heterocycles. The minimum atomic E-state index is -0.438. The molecule has 0 aromatic heterocycles. The van der Waals surface area contributed by atoms with Crippen LogP contribution in [0.3, 0.4) is 0 Å². The number of thioether (sulfide) groups is 1. The second kappa shape index (κ2) is 8.59. The molecule has 0 aliphatic heterocycles. The first-order valence-electron chi connectivity index (χ1n) is 7.38. The number of amides is 1. The summed E-state index contributed by atoms with van der Waals surface area (Å²) in [5, 5.41) is 2.57. The van der Waals surface area contributed by atoms with Crippen LogP contribution in [0.5, 0.6) is 11.5 Å². The van der Waals surface area contributed by atoms with Crippen LogP contribution in [-0.4, -0.2) is 25.9 Å². The number of anilines is 1. The molecule has 2 aromatic carbocycles. The first-order valence-corrected chi connectivity index (χ1v) is 8.54. The van der Waals surface area contributed by atoms with E-state index in [2.05, 4.69) is 5.32 Å². The van der Waals surface area contributed by atoms with Crippen LogP contribution in [0.25, 0.3) is 0 Å². The van der Waals surface area contributed by atoms with E-state index in [0.717, 1.165) is 11.1 Å². The molecule has 0 saturated carbocycles. The number of rotatable bonds is 7. The highest BCUT2D eigenvalue weighted by Crippen LogP contribution is 2.31. The lowest BCUT2D eigenvalue weighted by Crippen LogP contribution is -2.15. The summed E-state index contributed by atoms with van der Waals surface area (Å²) in [5.41, 5.74) is 2.33. The van der Waals surface area contributed by atoms with Gasteiger partial charge in [0.05, 0.1) is 25.7 Å². The van der Waals surface area contributed by atoms with E-state index >= 15 is 0 Å². The Morgan fingerprint density at radius 1 is 1.17 bits per heavy atom. The average molecular weight is 349 g/mol. The third-order valence-corrected chi connectivity index (χ3v) is 4.46. The summed E-state index contributed by atoms with van der Waals surface area (Å²) in [6.07, 6.45) is 0. The highest BCUT2D eigenvalue weighted by Gasteiger charge is 2.10. The number of carbonyl (C=O) groups is 1. The fourth-order valence-corrected chi connectivity index (χ4v) is 3.07. The van der Waals surface area contributed by atoms with Crippen LogP contribution in [0.15, 0.2) is 36.4 Å². The van der Waals surface area contributed by atoms with Gasteiger partial charge in [-0.15, -0.1) is 11.8 Å². The fraction of sp³-hybridized carbons (Fsp3) is 0.278. The third kappa shape index (κ3) is 4.64. The van der Waals surface area contributed by atoms with Crippen molar-refractivity contribution in [2.24, 2.45) is 0 Å². The number of methoxy groups -OCH3 is 2. The first kappa shape index (κ1) is 18.1. The lowest BCUT2D eigenvalue weighted by molar-refractivity contribution is -0.113. The van der Waals surface area contributed by atoms with E-state index in [-0.39, 0.29) is 17.3 Å². The van der Waals surface area contributed by atoms with Crippen molar-refractivity contribution in [2.45, 2.75) is 12.7 Å². The van der Waals surface area contributed by atoms with E-state index in [1.54, 1.807) is 26.4 Å². The van der Waals surface area contributed by atoms with Gasteiger partial charge in [-0.2, -0.15) is 0 Å². The molecule has 2 rings (SSSR count). The molecule has 1 N–H and O–H groups in total. The lowest BCUT2D eigenvalue weighted by Gasteiger charge is -2.12. The largest absolute Gasteiger partial charge is 0.493 e. The second-order valence-corrected chi connectivity index (χ2v) is 6.14. The van der Waals surface area contributed by atoms with Crippen LogP contribution in [0.2, 0.25) is 0 Å². The molecular formula is C18H20FNO3S. The fourth-order valence-electron chi connectivity index (χ4n) is 2.18. The SMILES string of the molecule is COc1cc(C)c(CSCC(=O)Nc2ccccc2F)cc1OC. The number of ether oxygens (including phenoxy) is 2. The Morgan fingerprint density at radius 2 is 1.83 bits per heavy atom. The van der Waals surface area contributed by atoms with Gasteiger partial charge in [0.15, 0.2) is 11.5 Å². The van der Waals surface area contributed by atoms with Crippen molar-refractivity contribution < 1.29 is 18.7 Å². The van der Waals surface area contributed by atoms with Crippen molar-refractivity contribution in [3.63, 3.8) is 0 Å². The van der Waals surface area contributed by atoms with E-state index in [9.17, 15) is 9.18 Å². The van der Waals surface area contributed by atoms with Crippen molar-refractivity contribution >= 4 is 23.4 Å².